The standard InChI is InChI=1S/C19H30N6O3/c1-4-27-12-15-23-16-17(13(2)14(3)22-18(16)20)25(15)7-5-6-21-19(26)24-8-10-28-11-9-24/h4-12H2,1-3H3,(H2,20,22)(H,21,26). The number of aromatic nitrogens is 3. The first-order valence-corrected chi connectivity index (χ1v) is 9.83. The molecule has 154 valence electrons. The molecular weight excluding hydrogens is 360 g/mol. The quantitative estimate of drug-likeness (QED) is 0.696. The number of carbonyl (C=O) groups is 1. The number of imidazole rings is 1. The molecule has 1 aliphatic rings. The number of nitrogens with two attached hydrogens (primary N) is 1. The number of urea groups is 1. The Morgan fingerprint density at radius 3 is 2.75 bits per heavy atom. The molecule has 0 unspecified atom stereocenters. The Morgan fingerprint density at radius 2 is 2.04 bits per heavy atom. The Morgan fingerprint density at radius 1 is 1.29 bits per heavy atom. The summed E-state index contributed by atoms with van der Waals surface area (Å²) < 4.78 is 13.0. The van der Waals surface area contributed by atoms with Gasteiger partial charge in [0.15, 0.2) is 5.82 Å². The molecule has 1 saturated heterocycles. The SMILES string of the molecule is CCOCc1nc2c(N)nc(C)c(C)c2n1CCCNC(=O)N1CCOCC1. The maximum absolute atomic E-state index is 12.2. The number of hydrogen-bond acceptors (Lipinski definition) is 6. The van der Waals surface area contributed by atoms with Crippen LogP contribution in [0.25, 0.3) is 11.0 Å². The van der Waals surface area contributed by atoms with Crippen molar-refractivity contribution in [2.24, 2.45) is 0 Å². The second-order valence-electron chi connectivity index (χ2n) is 6.91. The maximum Gasteiger partial charge on any atom is 0.317 e. The normalized spacial score (nSPS) is 14.6. The van der Waals surface area contributed by atoms with E-state index >= 15 is 0 Å². The third-order valence-corrected chi connectivity index (χ3v) is 5.04. The van der Waals surface area contributed by atoms with Crippen LogP contribution >= 0.6 is 0 Å². The number of fused-ring (bicyclic) bond motifs is 1. The van der Waals surface area contributed by atoms with E-state index in [4.69, 9.17) is 15.2 Å². The van der Waals surface area contributed by atoms with Crippen molar-refractivity contribution in [3.63, 3.8) is 0 Å². The molecule has 3 rings (SSSR count). The molecule has 2 amide bonds. The number of aryl methyl sites for hydroxylation is 3. The molecule has 2 aromatic heterocycles. The predicted octanol–water partition coefficient (Wildman–Crippen LogP) is 1.60. The predicted molar refractivity (Wildman–Crippen MR) is 107 cm³/mol. The lowest BCUT2D eigenvalue weighted by Gasteiger charge is -2.27. The van der Waals surface area contributed by atoms with Gasteiger partial charge in [-0.25, -0.2) is 14.8 Å². The highest BCUT2D eigenvalue weighted by molar-refractivity contribution is 5.88. The Labute approximate surface area is 165 Å². The summed E-state index contributed by atoms with van der Waals surface area (Å²) in [6, 6.07) is -0.0335. The van der Waals surface area contributed by atoms with Gasteiger partial charge in [-0.05, 0) is 32.8 Å². The lowest BCUT2D eigenvalue weighted by molar-refractivity contribution is 0.0532. The Bertz CT molecular complexity index is 829. The Hall–Kier alpha value is -2.39. The van der Waals surface area contributed by atoms with E-state index in [0.29, 0.717) is 58.4 Å². The molecule has 9 heteroatoms. The zero-order valence-electron chi connectivity index (χ0n) is 17.0. The molecule has 28 heavy (non-hydrogen) atoms. The fraction of sp³-hybridized carbons (Fsp3) is 0.632. The lowest BCUT2D eigenvalue weighted by atomic mass is 10.2. The van der Waals surface area contributed by atoms with Crippen LogP contribution in [0.5, 0.6) is 0 Å². The number of ether oxygens (including phenoxy) is 2. The van der Waals surface area contributed by atoms with Gasteiger partial charge in [0.2, 0.25) is 0 Å². The summed E-state index contributed by atoms with van der Waals surface area (Å²) in [6.07, 6.45) is 0.779. The van der Waals surface area contributed by atoms with E-state index in [-0.39, 0.29) is 6.03 Å². The Kier molecular flexibility index (Phi) is 6.69. The Balaban J connectivity index is 1.70. The molecule has 3 N–H and O–H groups in total. The summed E-state index contributed by atoms with van der Waals surface area (Å²) in [7, 11) is 0. The van der Waals surface area contributed by atoms with Crippen LogP contribution < -0.4 is 11.1 Å². The van der Waals surface area contributed by atoms with Crippen molar-refractivity contribution in [3.05, 3.63) is 17.1 Å². The van der Waals surface area contributed by atoms with Crippen LogP contribution in [0.1, 0.15) is 30.4 Å². The molecule has 9 nitrogen and oxygen atoms in total. The van der Waals surface area contributed by atoms with E-state index in [2.05, 4.69) is 19.9 Å². The minimum absolute atomic E-state index is 0.0335. The van der Waals surface area contributed by atoms with Crippen molar-refractivity contribution in [3.8, 4) is 0 Å². The van der Waals surface area contributed by atoms with E-state index in [0.717, 1.165) is 34.5 Å². The number of amides is 2. The van der Waals surface area contributed by atoms with E-state index in [1.54, 1.807) is 4.90 Å². The summed E-state index contributed by atoms with van der Waals surface area (Å²) in [5.41, 5.74) is 9.79. The molecule has 2 aromatic rings. The third-order valence-electron chi connectivity index (χ3n) is 5.04. The first kappa shape index (κ1) is 20.3. The largest absolute Gasteiger partial charge is 0.382 e. The number of rotatable bonds is 7. The minimum atomic E-state index is -0.0335. The van der Waals surface area contributed by atoms with Gasteiger partial charge in [0, 0.05) is 38.5 Å². The first-order valence-electron chi connectivity index (χ1n) is 9.83. The second kappa shape index (κ2) is 9.20. The number of hydrogen-bond donors (Lipinski definition) is 2. The average molecular weight is 390 g/mol. The van der Waals surface area contributed by atoms with Crippen LogP contribution in [-0.4, -0.2) is 64.9 Å². The molecule has 0 bridgehead atoms. The lowest BCUT2D eigenvalue weighted by Crippen LogP contribution is -2.46. The van der Waals surface area contributed by atoms with Gasteiger partial charge in [-0.2, -0.15) is 0 Å². The smallest absolute Gasteiger partial charge is 0.317 e. The van der Waals surface area contributed by atoms with Gasteiger partial charge in [0.05, 0.1) is 18.7 Å². The van der Waals surface area contributed by atoms with Crippen LogP contribution in [0, 0.1) is 13.8 Å². The van der Waals surface area contributed by atoms with Crippen molar-refractivity contribution < 1.29 is 14.3 Å². The minimum Gasteiger partial charge on any atom is -0.382 e. The van der Waals surface area contributed by atoms with Gasteiger partial charge in [0.1, 0.15) is 17.9 Å². The van der Waals surface area contributed by atoms with Gasteiger partial charge in [0.25, 0.3) is 0 Å². The molecule has 1 aliphatic heterocycles. The van der Waals surface area contributed by atoms with Crippen LogP contribution in [0.4, 0.5) is 10.6 Å². The van der Waals surface area contributed by atoms with E-state index in [9.17, 15) is 4.79 Å². The molecular formula is C19H30N6O3. The van der Waals surface area contributed by atoms with E-state index in [1.165, 1.54) is 0 Å². The molecule has 0 saturated carbocycles. The molecule has 0 radical (unpaired) electrons. The van der Waals surface area contributed by atoms with Crippen LogP contribution in [0.2, 0.25) is 0 Å². The monoisotopic (exact) mass is 390 g/mol. The van der Waals surface area contributed by atoms with Crippen LogP contribution in [-0.2, 0) is 22.6 Å². The van der Waals surface area contributed by atoms with Gasteiger partial charge >= 0.3 is 6.03 Å². The fourth-order valence-corrected chi connectivity index (χ4v) is 3.40. The summed E-state index contributed by atoms with van der Waals surface area (Å²) in [4.78, 5) is 23.1. The zero-order valence-corrected chi connectivity index (χ0v) is 17.0. The summed E-state index contributed by atoms with van der Waals surface area (Å²) in [6.45, 7) is 10.8. The number of nitrogens with zero attached hydrogens (tertiary/aromatic N) is 4. The van der Waals surface area contributed by atoms with Crippen molar-refractivity contribution in [1.82, 2.24) is 24.8 Å². The van der Waals surface area contributed by atoms with E-state index < -0.39 is 0 Å². The molecule has 1 fully saturated rings. The van der Waals surface area contributed by atoms with Crippen molar-refractivity contribution in [2.45, 2.75) is 40.3 Å². The van der Waals surface area contributed by atoms with Gasteiger partial charge in [-0.1, -0.05) is 0 Å². The molecule has 3 heterocycles. The van der Waals surface area contributed by atoms with Crippen molar-refractivity contribution in [1.29, 1.82) is 0 Å². The number of carbonyl (C=O) groups excluding carboxylic acids is 1. The summed E-state index contributed by atoms with van der Waals surface area (Å²) in [5.74, 6) is 1.27. The molecule has 0 spiro atoms. The number of pyridine rings is 1. The first-order chi connectivity index (χ1) is 13.5. The maximum atomic E-state index is 12.2. The molecule has 0 aromatic carbocycles. The second-order valence-corrected chi connectivity index (χ2v) is 6.91. The zero-order chi connectivity index (χ0) is 20.1. The fourth-order valence-electron chi connectivity index (χ4n) is 3.40. The summed E-state index contributed by atoms with van der Waals surface area (Å²) in [5, 5.41) is 2.99. The number of nitrogen functional groups attached to an aromatic ring is 1. The van der Waals surface area contributed by atoms with Crippen LogP contribution in [0.15, 0.2) is 0 Å². The summed E-state index contributed by atoms with van der Waals surface area (Å²) >= 11 is 0. The van der Waals surface area contributed by atoms with Gasteiger partial charge in [-0.3, -0.25) is 0 Å². The highest BCUT2D eigenvalue weighted by Crippen LogP contribution is 2.26. The highest BCUT2D eigenvalue weighted by atomic mass is 16.5. The number of morpholine rings is 1. The number of nitrogens with one attached hydrogen (secondary N) is 1. The number of anilines is 1. The van der Waals surface area contributed by atoms with Crippen molar-refractivity contribution >= 4 is 22.9 Å². The van der Waals surface area contributed by atoms with Crippen molar-refractivity contribution in [2.75, 3.05) is 45.2 Å². The molecule has 0 aliphatic carbocycles. The third kappa shape index (κ3) is 4.36. The van der Waals surface area contributed by atoms with Gasteiger partial charge < -0.3 is 30.0 Å². The van der Waals surface area contributed by atoms with E-state index in [1.807, 2.05) is 20.8 Å². The van der Waals surface area contributed by atoms with Crippen LogP contribution in [0.3, 0.4) is 0 Å². The molecule has 0 atom stereocenters. The topological polar surface area (TPSA) is 108 Å². The van der Waals surface area contributed by atoms with Gasteiger partial charge in [-0.15, -0.1) is 0 Å². The highest BCUT2D eigenvalue weighted by Gasteiger charge is 2.18. The average Bonchev–Trinajstić information content (AvgIpc) is 3.07.